The van der Waals surface area contributed by atoms with E-state index < -0.39 is 0 Å². The smallest absolute Gasteiger partial charge is 0.0555 e. The number of benzene rings is 2. The maximum atomic E-state index is 5.70. The SMILES string of the molecule is CCCCN(c1ccccc1)c1ccc(CN)cc1Br. The molecule has 106 valence electrons. The van der Waals surface area contributed by atoms with E-state index in [1.165, 1.54) is 24.2 Å². The van der Waals surface area contributed by atoms with Gasteiger partial charge in [-0.25, -0.2) is 0 Å². The van der Waals surface area contributed by atoms with Crippen LogP contribution in [-0.2, 0) is 6.54 Å². The van der Waals surface area contributed by atoms with Crippen LogP contribution in [0.25, 0.3) is 0 Å². The van der Waals surface area contributed by atoms with Crippen molar-refractivity contribution in [3.05, 3.63) is 58.6 Å². The van der Waals surface area contributed by atoms with Crippen molar-refractivity contribution in [1.29, 1.82) is 0 Å². The standard InChI is InChI=1S/C17H21BrN2/c1-2-3-11-20(15-7-5-4-6-8-15)17-10-9-14(13-19)12-16(17)18/h4-10,12H,2-3,11,13,19H2,1H3. The van der Waals surface area contributed by atoms with Crippen LogP contribution < -0.4 is 10.6 Å². The number of hydrogen-bond acceptors (Lipinski definition) is 2. The monoisotopic (exact) mass is 332 g/mol. The summed E-state index contributed by atoms with van der Waals surface area (Å²) >= 11 is 3.68. The molecule has 0 atom stereocenters. The Morgan fingerprint density at radius 2 is 1.85 bits per heavy atom. The first-order valence-electron chi connectivity index (χ1n) is 7.07. The van der Waals surface area contributed by atoms with Crippen LogP contribution in [0.5, 0.6) is 0 Å². The molecular formula is C17H21BrN2. The maximum absolute atomic E-state index is 5.70. The topological polar surface area (TPSA) is 29.3 Å². The number of halogens is 1. The van der Waals surface area contributed by atoms with Crippen LogP contribution in [0.3, 0.4) is 0 Å². The molecule has 0 aliphatic heterocycles. The summed E-state index contributed by atoms with van der Waals surface area (Å²) in [4.78, 5) is 2.36. The molecule has 0 aromatic heterocycles. The summed E-state index contributed by atoms with van der Waals surface area (Å²) < 4.78 is 1.10. The van der Waals surface area contributed by atoms with Gasteiger partial charge in [0.25, 0.3) is 0 Å². The molecule has 0 spiro atoms. The molecule has 0 amide bonds. The molecule has 0 fully saturated rings. The summed E-state index contributed by atoms with van der Waals surface area (Å²) in [6.45, 7) is 3.80. The van der Waals surface area contributed by atoms with E-state index in [1.54, 1.807) is 0 Å². The van der Waals surface area contributed by atoms with Crippen molar-refractivity contribution in [1.82, 2.24) is 0 Å². The van der Waals surface area contributed by atoms with Gasteiger partial charge in [0.15, 0.2) is 0 Å². The fourth-order valence-corrected chi connectivity index (χ4v) is 2.85. The van der Waals surface area contributed by atoms with Crippen LogP contribution in [0, 0.1) is 0 Å². The predicted octanol–water partition coefficient (Wildman–Crippen LogP) is 4.85. The lowest BCUT2D eigenvalue weighted by Gasteiger charge is -2.26. The Kier molecular flexibility index (Phi) is 5.62. The van der Waals surface area contributed by atoms with Gasteiger partial charge in [0.05, 0.1) is 5.69 Å². The molecule has 0 radical (unpaired) electrons. The zero-order valence-electron chi connectivity index (χ0n) is 11.8. The van der Waals surface area contributed by atoms with Crippen molar-refractivity contribution in [3.8, 4) is 0 Å². The fraction of sp³-hybridized carbons (Fsp3) is 0.294. The summed E-state index contributed by atoms with van der Waals surface area (Å²) in [5.41, 5.74) is 9.26. The number of nitrogens with zero attached hydrogens (tertiary/aromatic N) is 1. The molecule has 2 nitrogen and oxygen atoms in total. The van der Waals surface area contributed by atoms with Crippen molar-refractivity contribution in [2.45, 2.75) is 26.3 Å². The lowest BCUT2D eigenvalue weighted by atomic mass is 10.1. The molecule has 0 aliphatic carbocycles. The molecule has 0 saturated heterocycles. The summed E-state index contributed by atoms with van der Waals surface area (Å²) in [6, 6.07) is 16.9. The molecule has 0 heterocycles. The first-order valence-corrected chi connectivity index (χ1v) is 7.86. The molecule has 0 unspecified atom stereocenters. The number of unbranched alkanes of at least 4 members (excludes halogenated alkanes) is 1. The molecule has 2 rings (SSSR count). The van der Waals surface area contributed by atoms with Crippen LogP contribution >= 0.6 is 15.9 Å². The highest BCUT2D eigenvalue weighted by Gasteiger charge is 2.12. The van der Waals surface area contributed by atoms with Crippen LogP contribution in [-0.4, -0.2) is 6.54 Å². The van der Waals surface area contributed by atoms with Gasteiger partial charge in [0, 0.05) is 23.2 Å². The Morgan fingerprint density at radius 1 is 1.10 bits per heavy atom. The third-order valence-electron chi connectivity index (χ3n) is 3.34. The number of hydrogen-bond donors (Lipinski definition) is 1. The van der Waals surface area contributed by atoms with Gasteiger partial charge in [-0.2, -0.15) is 0 Å². The summed E-state index contributed by atoms with van der Waals surface area (Å²) in [5, 5.41) is 0. The Balaban J connectivity index is 2.36. The van der Waals surface area contributed by atoms with Crippen molar-refractivity contribution in [2.75, 3.05) is 11.4 Å². The van der Waals surface area contributed by atoms with Crippen molar-refractivity contribution >= 4 is 27.3 Å². The molecule has 2 aromatic rings. The van der Waals surface area contributed by atoms with Crippen molar-refractivity contribution in [3.63, 3.8) is 0 Å². The second-order valence-corrected chi connectivity index (χ2v) is 5.68. The van der Waals surface area contributed by atoms with E-state index in [1.807, 2.05) is 6.07 Å². The molecular weight excluding hydrogens is 312 g/mol. The minimum atomic E-state index is 0.569. The Bertz CT molecular complexity index is 540. The molecule has 2 N–H and O–H groups in total. The van der Waals surface area contributed by atoms with Gasteiger partial charge in [0.1, 0.15) is 0 Å². The van der Waals surface area contributed by atoms with Crippen LogP contribution in [0.1, 0.15) is 25.3 Å². The maximum Gasteiger partial charge on any atom is 0.0555 e. The van der Waals surface area contributed by atoms with E-state index in [4.69, 9.17) is 5.73 Å². The van der Waals surface area contributed by atoms with Crippen molar-refractivity contribution < 1.29 is 0 Å². The van der Waals surface area contributed by atoms with Gasteiger partial charge in [0.2, 0.25) is 0 Å². The minimum Gasteiger partial charge on any atom is -0.341 e. The lowest BCUT2D eigenvalue weighted by Crippen LogP contribution is -2.18. The first-order chi connectivity index (χ1) is 9.76. The van der Waals surface area contributed by atoms with E-state index in [-0.39, 0.29) is 0 Å². The highest BCUT2D eigenvalue weighted by molar-refractivity contribution is 9.10. The number of anilines is 2. The van der Waals surface area contributed by atoms with Crippen LogP contribution in [0.15, 0.2) is 53.0 Å². The van der Waals surface area contributed by atoms with E-state index in [2.05, 4.69) is 70.2 Å². The number of nitrogens with two attached hydrogens (primary N) is 1. The predicted molar refractivity (Wildman–Crippen MR) is 90.4 cm³/mol. The van der Waals surface area contributed by atoms with E-state index in [0.717, 1.165) is 16.6 Å². The third-order valence-corrected chi connectivity index (χ3v) is 3.98. The lowest BCUT2D eigenvalue weighted by molar-refractivity contribution is 0.785. The van der Waals surface area contributed by atoms with Crippen LogP contribution in [0.4, 0.5) is 11.4 Å². The molecule has 0 aliphatic rings. The van der Waals surface area contributed by atoms with E-state index in [9.17, 15) is 0 Å². The largest absolute Gasteiger partial charge is 0.341 e. The average molecular weight is 333 g/mol. The van der Waals surface area contributed by atoms with Gasteiger partial charge in [-0.05, 0) is 52.2 Å². The highest BCUT2D eigenvalue weighted by Crippen LogP contribution is 2.33. The molecule has 2 aromatic carbocycles. The zero-order chi connectivity index (χ0) is 14.4. The van der Waals surface area contributed by atoms with Gasteiger partial charge in [-0.3, -0.25) is 0 Å². The first kappa shape index (κ1) is 15.1. The summed E-state index contributed by atoms with van der Waals surface area (Å²) in [7, 11) is 0. The van der Waals surface area contributed by atoms with Gasteiger partial charge < -0.3 is 10.6 Å². The molecule has 0 bridgehead atoms. The summed E-state index contributed by atoms with van der Waals surface area (Å²) in [6.07, 6.45) is 2.35. The Hall–Kier alpha value is -1.32. The molecule has 3 heteroatoms. The second kappa shape index (κ2) is 7.46. The average Bonchev–Trinajstić information content (AvgIpc) is 2.50. The normalized spacial score (nSPS) is 10.6. The van der Waals surface area contributed by atoms with E-state index >= 15 is 0 Å². The molecule has 20 heavy (non-hydrogen) atoms. The number of rotatable bonds is 6. The Labute approximate surface area is 129 Å². The quantitative estimate of drug-likeness (QED) is 0.819. The highest BCUT2D eigenvalue weighted by atomic mass is 79.9. The Morgan fingerprint density at radius 3 is 2.45 bits per heavy atom. The third kappa shape index (κ3) is 3.62. The van der Waals surface area contributed by atoms with Gasteiger partial charge in [-0.15, -0.1) is 0 Å². The minimum absolute atomic E-state index is 0.569. The number of para-hydroxylation sites is 1. The van der Waals surface area contributed by atoms with Gasteiger partial charge >= 0.3 is 0 Å². The second-order valence-electron chi connectivity index (χ2n) is 4.83. The van der Waals surface area contributed by atoms with Gasteiger partial charge in [-0.1, -0.05) is 37.6 Å². The molecule has 0 saturated carbocycles. The fourth-order valence-electron chi connectivity index (χ4n) is 2.21. The van der Waals surface area contributed by atoms with E-state index in [0.29, 0.717) is 6.54 Å². The summed E-state index contributed by atoms with van der Waals surface area (Å²) in [5.74, 6) is 0. The van der Waals surface area contributed by atoms with Crippen molar-refractivity contribution in [2.24, 2.45) is 5.73 Å². The zero-order valence-corrected chi connectivity index (χ0v) is 13.4. The van der Waals surface area contributed by atoms with Crippen LogP contribution in [0.2, 0.25) is 0 Å².